The number of carboxylic acid groups (broad SMARTS) is 1. The van der Waals surface area contributed by atoms with E-state index in [1.165, 1.54) is 11.6 Å². The average molecular weight is 273 g/mol. The topological polar surface area (TPSA) is 94.9 Å². The van der Waals surface area contributed by atoms with Crippen LogP contribution in [0.1, 0.15) is 12.8 Å². The van der Waals surface area contributed by atoms with Crippen LogP contribution in [0.4, 0.5) is 0 Å². The first-order valence-electron chi connectivity index (χ1n) is 5.52. The maximum absolute atomic E-state index is 11.6. The van der Waals surface area contributed by atoms with Gasteiger partial charge in [-0.15, -0.1) is 12.3 Å². The van der Waals surface area contributed by atoms with Gasteiger partial charge in [0.25, 0.3) is 0 Å². The largest absolute Gasteiger partial charge is 0.480 e. The Hall–Kier alpha value is -1.31. The summed E-state index contributed by atoms with van der Waals surface area (Å²) in [7, 11) is -3.28. The summed E-state index contributed by atoms with van der Waals surface area (Å²) in [4.78, 5) is 33.2. The van der Waals surface area contributed by atoms with Gasteiger partial charge < -0.3 is 14.9 Å². The molecular formula is C11H16NO5P. The number of hydrogen-bond acceptors (Lipinski definition) is 3. The Bertz CT molecular complexity index is 435. The van der Waals surface area contributed by atoms with Crippen molar-refractivity contribution in [1.29, 1.82) is 0 Å². The van der Waals surface area contributed by atoms with E-state index in [0.29, 0.717) is 0 Å². The van der Waals surface area contributed by atoms with E-state index in [1.54, 1.807) is 0 Å². The predicted molar refractivity (Wildman–Crippen MR) is 65.3 cm³/mol. The number of likely N-dealkylation sites (tertiary alicyclic amines) is 1. The second-order valence-electron chi connectivity index (χ2n) is 4.53. The summed E-state index contributed by atoms with van der Waals surface area (Å²) in [5, 5.41) is 9.09. The summed E-state index contributed by atoms with van der Waals surface area (Å²) >= 11 is 0. The van der Waals surface area contributed by atoms with Gasteiger partial charge in [-0.25, -0.2) is 4.79 Å². The molecule has 0 aliphatic carbocycles. The number of carbonyl (C=O) groups excluding carboxylic acids is 1. The van der Waals surface area contributed by atoms with Gasteiger partial charge in [0.15, 0.2) is 7.37 Å². The number of nitrogens with zero attached hydrogens (tertiary/aromatic N) is 1. The number of terminal acetylenes is 1. The molecule has 0 radical (unpaired) electrons. The first-order chi connectivity index (χ1) is 8.24. The Morgan fingerprint density at radius 2 is 2.33 bits per heavy atom. The monoisotopic (exact) mass is 273 g/mol. The molecule has 2 N–H and O–H groups in total. The van der Waals surface area contributed by atoms with Crippen LogP contribution in [0, 0.1) is 18.3 Å². The van der Waals surface area contributed by atoms with Crippen LogP contribution >= 0.6 is 7.37 Å². The molecule has 1 saturated heterocycles. The standard InChI is InChI=1S/C11H16NO5P/c1-3-8-6-10(13)12(7-8)9(11(14)15)4-5-18(2,16)17/h1,8-9H,4-7H2,2H3,(H,14,15)(H,16,17). The van der Waals surface area contributed by atoms with Crippen molar-refractivity contribution in [3.63, 3.8) is 0 Å². The minimum atomic E-state index is -3.28. The number of aliphatic carboxylic acids is 1. The second-order valence-corrected chi connectivity index (χ2v) is 7.08. The van der Waals surface area contributed by atoms with Crippen molar-refractivity contribution in [2.45, 2.75) is 18.9 Å². The van der Waals surface area contributed by atoms with Crippen molar-refractivity contribution in [2.24, 2.45) is 5.92 Å². The average Bonchev–Trinajstić information content (AvgIpc) is 2.58. The molecule has 100 valence electrons. The fourth-order valence-electron chi connectivity index (χ4n) is 1.92. The fourth-order valence-corrected chi connectivity index (χ4v) is 2.64. The highest BCUT2D eigenvalue weighted by atomic mass is 31.2. The van der Waals surface area contributed by atoms with E-state index in [1.807, 2.05) is 0 Å². The second kappa shape index (κ2) is 5.55. The molecule has 1 aliphatic heterocycles. The minimum absolute atomic E-state index is 0.0390. The van der Waals surface area contributed by atoms with Crippen LogP contribution in [0.3, 0.4) is 0 Å². The molecular weight excluding hydrogens is 257 g/mol. The van der Waals surface area contributed by atoms with Crippen LogP contribution in [0.15, 0.2) is 0 Å². The van der Waals surface area contributed by atoms with Gasteiger partial charge in [0.1, 0.15) is 6.04 Å². The summed E-state index contributed by atoms with van der Waals surface area (Å²) in [6.45, 7) is 1.37. The molecule has 1 fully saturated rings. The smallest absolute Gasteiger partial charge is 0.326 e. The molecule has 1 rings (SSSR count). The zero-order valence-corrected chi connectivity index (χ0v) is 11.0. The maximum atomic E-state index is 11.6. The normalized spacial score (nSPS) is 24.4. The fraction of sp³-hybridized carbons (Fsp3) is 0.636. The third-order valence-corrected chi connectivity index (χ3v) is 3.96. The third-order valence-electron chi connectivity index (χ3n) is 2.87. The van der Waals surface area contributed by atoms with Crippen molar-refractivity contribution in [3.8, 4) is 12.3 Å². The van der Waals surface area contributed by atoms with Gasteiger partial charge in [-0.3, -0.25) is 9.36 Å². The van der Waals surface area contributed by atoms with Gasteiger partial charge in [-0.2, -0.15) is 0 Å². The maximum Gasteiger partial charge on any atom is 0.326 e. The first-order valence-corrected chi connectivity index (χ1v) is 7.81. The highest BCUT2D eigenvalue weighted by Crippen LogP contribution is 2.37. The number of hydrogen-bond donors (Lipinski definition) is 2. The molecule has 18 heavy (non-hydrogen) atoms. The van der Waals surface area contributed by atoms with E-state index in [-0.39, 0.29) is 37.4 Å². The summed E-state index contributed by atoms with van der Waals surface area (Å²) in [6, 6.07) is -1.07. The molecule has 0 spiro atoms. The third kappa shape index (κ3) is 3.86. The summed E-state index contributed by atoms with van der Waals surface area (Å²) in [6.07, 6.45) is 5.19. The summed E-state index contributed by atoms with van der Waals surface area (Å²) < 4.78 is 11.2. The van der Waals surface area contributed by atoms with Gasteiger partial charge in [0, 0.05) is 31.7 Å². The van der Waals surface area contributed by atoms with E-state index in [0.717, 1.165) is 0 Å². The molecule has 0 saturated carbocycles. The molecule has 0 aromatic heterocycles. The molecule has 0 aromatic carbocycles. The lowest BCUT2D eigenvalue weighted by molar-refractivity contribution is -0.148. The Morgan fingerprint density at radius 1 is 1.72 bits per heavy atom. The number of amides is 1. The van der Waals surface area contributed by atoms with E-state index in [4.69, 9.17) is 11.5 Å². The van der Waals surface area contributed by atoms with E-state index >= 15 is 0 Å². The molecule has 0 bridgehead atoms. The molecule has 1 heterocycles. The Kier molecular flexibility index (Phi) is 4.55. The highest BCUT2D eigenvalue weighted by molar-refractivity contribution is 7.57. The number of rotatable bonds is 5. The molecule has 3 unspecified atom stereocenters. The van der Waals surface area contributed by atoms with Crippen molar-refractivity contribution < 1.29 is 24.2 Å². The summed E-state index contributed by atoms with van der Waals surface area (Å²) in [5.41, 5.74) is 0. The number of carboxylic acids is 1. The van der Waals surface area contributed by atoms with Gasteiger partial charge in [0.2, 0.25) is 5.91 Å². The molecule has 7 heteroatoms. The lowest BCUT2D eigenvalue weighted by Crippen LogP contribution is -2.42. The van der Waals surface area contributed by atoms with E-state index < -0.39 is 19.4 Å². The highest BCUT2D eigenvalue weighted by Gasteiger charge is 2.37. The van der Waals surface area contributed by atoms with Crippen LogP contribution in [0.2, 0.25) is 0 Å². The Labute approximate surface area is 105 Å². The molecule has 6 nitrogen and oxygen atoms in total. The lowest BCUT2D eigenvalue weighted by Gasteiger charge is -2.24. The quantitative estimate of drug-likeness (QED) is 0.551. The molecule has 1 amide bonds. The van der Waals surface area contributed by atoms with Crippen LogP contribution in [-0.4, -0.2) is 52.2 Å². The van der Waals surface area contributed by atoms with Crippen LogP contribution < -0.4 is 0 Å². The van der Waals surface area contributed by atoms with Gasteiger partial charge >= 0.3 is 5.97 Å². The Morgan fingerprint density at radius 3 is 2.72 bits per heavy atom. The Balaban J connectivity index is 2.75. The van der Waals surface area contributed by atoms with Gasteiger partial charge in [0.05, 0.1) is 0 Å². The predicted octanol–water partition coefficient (Wildman–Crippen LogP) is 0.212. The van der Waals surface area contributed by atoms with Crippen molar-refractivity contribution in [2.75, 3.05) is 19.4 Å². The van der Waals surface area contributed by atoms with E-state index in [2.05, 4.69) is 5.92 Å². The molecule has 0 aromatic rings. The van der Waals surface area contributed by atoms with Crippen LogP contribution in [0.5, 0.6) is 0 Å². The first kappa shape index (κ1) is 14.7. The molecule has 1 aliphatic rings. The zero-order valence-electron chi connectivity index (χ0n) is 10.1. The number of carbonyl (C=O) groups is 2. The van der Waals surface area contributed by atoms with Crippen molar-refractivity contribution >= 4 is 19.2 Å². The minimum Gasteiger partial charge on any atom is -0.480 e. The van der Waals surface area contributed by atoms with Gasteiger partial charge in [-0.1, -0.05) is 0 Å². The van der Waals surface area contributed by atoms with Crippen LogP contribution in [0.25, 0.3) is 0 Å². The summed E-state index contributed by atoms with van der Waals surface area (Å²) in [5.74, 6) is 0.672. The SMILES string of the molecule is C#CC1CC(=O)N(C(CCP(C)(=O)O)C(=O)O)C1. The molecule has 3 atom stereocenters. The van der Waals surface area contributed by atoms with Gasteiger partial charge in [-0.05, 0) is 6.42 Å². The van der Waals surface area contributed by atoms with Crippen molar-refractivity contribution in [1.82, 2.24) is 4.90 Å². The lowest BCUT2D eigenvalue weighted by atomic mass is 10.1. The zero-order chi connectivity index (χ0) is 13.9. The van der Waals surface area contributed by atoms with Crippen molar-refractivity contribution in [3.05, 3.63) is 0 Å². The van der Waals surface area contributed by atoms with Crippen LogP contribution in [-0.2, 0) is 14.2 Å². The van der Waals surface area contributed by atoms with E-state index in [9.17, 15) is 19.0 Å².